The summed E-state index contributed by atoms with van der Waals surface area (Å²) in [7, 11) is 0. The van der Waals surface area contributed by atoms with Gasteiger partial charge in [-0.15, -0.1) is 0 Å². The monoisotopic (exact) mass is 350 g/mol. The highest BCUT2D eigenvalue weighted by Gasteiger charge is 2.22. The molecule has 1 nitrogen and oxygen atoms in total. The van der Waals surface area contributed by atoms with E-state index in [0.29, 0.717) is 4.47 Å². The maximum atomic E-state index is 13.3. The van der Waals surface area contributed by atoms with Crippen LogP contribution in [0, 0.1) is 12.7 Å². The van der Waals surface area contributed by atoms with Gasteiger partial charge in [0, 0.05) is 5.92 Å². The molecule has 0 N–H and O–H groups in total. The lowest BCUT2D eigenvalue weighted by atomic mass is 9.92. The Morgan fingerprint density at radius 2 is 2.00 bits per heavy atom. The molecule has 2 atom stereocenters. The Morgan fingerprint density at radius 1 is 1.44 bits per heavy atom. The number of aryl methyl sites for hydroxylation is 1. The second-order valence-electron chi connectivity index (χ2n) is 3.92. The van der Waals surface area contributed by atoms with E-state index in [1.807, 2.05) is 13.8 Å². The Kier molecular flexibility index (Phi) is 4.68. The van der Waals surface area contributed by atoms with E-state index < -0.39 is 0 Å². The molecule has 1 aromatic rings. The van der Waals surface area contributed by atoms with Gasteiger partial charge < -0.3 is 0 Å². The fraction of sp³-hybridized carbons (Fsp3) is 0.417. The van der Waals surface area contributed by atoms with Crippen LogP contribution in [0.2, 0.25) is 0 Å². The van der Waals surface area contributed by atoms with Gasteiger partial charge in [-0.3, -0.25) is 4.79 Å². The van der Waals surface area contributed by atoms with E-state index in [1.165, 1.54) is 6.07 Å². The number of ketones is 1. The van der Waals surface area contributed by atoms with Crippen molar-refractivity contribution in [3.63, 3.8) is 0 Å². The summed E-state index contributed by atoms with van der Waals surface area (Å²) >= 11 is 6.52. The fourth-order valence-electron chi connectivity index (χ4n) is 1.66. The minimum Gasteiger partial charge on any atom is -0.299 e. The van der Waals surface area contributed by atoms with Crippen molar-refractivity contribution in [2.45, 2.75) is 31.5 Å². The summed E-state index contributed by atoms with van der Waals surface area (Å²) in [4.78, 5) is 11.1. The predicted molar refractivity (Wildman–Crippen MR) is 70.6 cm³/mol. The van der Waals surface area contributed by atoms with Crippen molar-refractivity contribution in [1.82, 2.24) is 0 Å². The Morgan fingerprint density at radius 3 is 2.50 bits per heavy atom. The first-order valence-corrected chi connectivity index (χ1v) is 6.65. The highest BCUT2D eigenvalue weighted by molar-refractivity contribution is 9.10. The van der Waals surface area contributed by atoms with Crippen molar-refractivity contribution < 1.29 is 9.18 Å². The van der Waals surface area contributed by atoms with Crippen LogP contribution in [0.15, 0.2) is 16.6 Å². The average molecular weight is 352 g/mol. The Balaban J connectivity index is 3.13. The summed E-state index contributed by atoms with van der Waals surface area (Å²) in [5, 5.41) is 0. The van der Waals surface area contributed by atoms with E-state index in [2.05, 4.69) is 31.9 Å². The minimum absolute atomic E-state index is 0.0226. The number of carbonyl (C=O) groups excluding carboxylic acids is 1. The van der Waals surface area contributed by atoms with Crippen molar-refractivity contribution in [2.24, 2.45) is 0 Å². The maximum absolute atomic E-state index is 13.3. The quantitative estimate of drug-likeness (QED) is 0.740. The highest BCUT2D eigenvalue weighted by Crippen LogP contribution is 2.31. The van der Waals surface area contributed by atoms with Gasteiger partial charge in [-0.2, -0.15) is 0 Å². The lowest BCUT2D eigenvalue weighted by Crippen LogP contribution is -2.18. The number of hydrogen-bond acceptors (Lipinski definition) is 1. The first-order chi connectivity index (χ1) is 7.34. The van der Waals surface area contributed by atoms with Crippen LogP contribution in [-0.4, -0.2) is 10.6 Å². The molecular formula is C12H13Br2FO. The molecule has 0 aliphatic heterocycles. The molecule has 16 heavy (non-hydrogen) atoms. The summed E-state index contributed by atoms with van der Waals surface area (Å²) in [5.74, 6) is -0.177. The molecule has 88 valence electrons. The molecule has 0 spiro atoms. The molecular weight excluding hydrogens is 339 g/mol. The van der Waals surface area contributed by atoms with Gasteiger partial charge in [-0.05, 0) is 53.0 Å². The van der Waals surface area contributed by atoms with Crippen LogP contribution in [0.5, 0.6) is 0 Å². The standard InChI is InChI=1S/C12H13Br2FO/c1-6-4-11(15)10(13)5-9(6)7(2)12(14)8(3)16/h4-5,7,12H,1-3H3. The number of hydrogen-bond donors (Lipinski definition) is 0. The first kappa shape index (κ1) is 13.8. The van der Waals surface area contributed by atoms with E-state index in [1.54, 1.807) is 13.0 Å². The Labute approximate surface area is 112 Å². The van der Waals surface area contributed by atoms with Crippen molar-refractivity contribution in [3.8, 4) is 0 Å². The smallest absolute Gasteiger partial charge is 0.144 e. The second kappa shape index (κ2) is 5.41. The lowest BCUT2D eigenvalue weighted by Gasteiger charge is -2.19. The van der Waals surface area contributed by atoms with Gasteiger partial charge in [0.25, 0.3) is 0 Å². The highest BCUT2D eigenvalue weighted by atomic mass is 79.9. The summed E-state index contributed by atoms with van der Waals surface area (Å²) in [5.41, 5.74) is 1.84. The molecule has 1 aromatic carbocycles. The molecule has 0 aromatic heterocycles. The number of benzene rings is 1. The van der Waals surface area contributed by atoms with Crippen LogP contribution in [0.25, 0.3) is 0 Å². The van der Waals surface area contributed by atoms with Gasteiger partial charge in [0.15, 0.2) is 0 Å². The molecule has 0 aliphatic carbocycles. The third-order valence-corrected chi connectivity index (χ3v) is 4.67. The van der Waals surface area contributed by atoms with E-state index >= 15 is 0 Å². The van der Waals surface area contributed by atoms with Crippen molar-refractivity contribution in [1.29, 1.82) is 0 Å². The zero-order valence-corrected chi connectivity index (χ0v) is 12.5. The van der Waals surface area contributed by atoms with Gasteiger partial charge in [0.2, 0.25) is 0 Å². The van der Waals surface area contributed by atoms with Crippen LogP contribution >= 0.6 is 31.9 Å². The van der Waals surface area contributed by atoms with Crippen LogP contribution in [0.4, 0.5) is 4.39 Å². The Bertz CT molecular complexity index is 418. The molecule has 0 amide bonds. The predicted octanol–water partition coefficient (Wildman–Crippen LogP) is 4.35. The van der Waals surface area contributed by atoms with Crippen molar-refractivity contribution in [2.75, 3.05) is 0 Å². The molecule has 4 heteroatoms. The molecule has 0 saturated heterocycles. The molecule has 0 radical (unpaired) electrons. The summed E-state index contributed by atoms with van der Waals surface area (Å²) in [6.45, 7) is 5.35. The molecule has 0 aliphatic rings. The summed E-state index contributed by atoms with van der Waals surface area (Å²) < 4.78 is 13.7. The van der Waals surface area contributed by atoms with Crippen LogP contribution in [0.1, 0.15) is 30.9 Å². The zero-order chi connectivity index (χ0) is 12.5. The summed E-state index contributed by atoms with van der Waals surface area (Å²) in [6.07, 6.45) is 0. The van der Waals surface area contributed by atoms with Crippen LogP contribution in [0.3, 0.4) is 0 Å². The van der Waals surface area contributed by atoms with Crippen LogP contribution in [-0.2, 0) is 4.79 Å². The number of halogens is 3. The third-order valence-electron chi connectivity index (χ3n) is 2.63. The average Bonchev–Trinajstić information content (AvgIpc) is 2.21. The van der Waals surface area contributed by atoms with E-state index in [9.17, 15) is 9.18 Å². The van der Waals surface area contributed by atoms with E-state index in [4.69, 9.17) is 0 Å². The topological polar surface area (TPSA) is 17.1 Å². The van der Waals surface area contributed by atoms with E-state index in [-0.39, 0.29) is 22.3 Å². The molecule has 0 bridgehead atoms. The molecule has 0 saturated carbocycles. The van der Waals surface area contributed by atoms with Crippen LogP contribution < -0.4 is 0 Å². The zero-order valence-electron chi connectivity index (χ0n) is 9.35. The first-order valence-electron chi connectivity index (χ1n) is 4.94. The van der Waals surface area contributed by atoms with E-state index in [0.717, 1.165) is 11.1 Å². The van der Waals surface area contributed by atoms with Crippen molar-refractivity contribution >= 4 is 37.6 Å². The minimum atomic E-state index is -0.276. The second-order valence-corrected chi connectivity index (χ2v) is 5.76. The van der Waals surface area contributed by atoms with Gasteiger partial charge in [0.05, 0.1) is 9.30 Å². The SMILES string of the molecule is CC(=O)C(Br)C(C)c1cc(Br)c(F)cc1C. The fourth-order valence-corrected chi connectivity index (χ4v) is 2.31. The lowest BCUT2D eigenvalue weighted by molar-refractivity contribution is -0.116. The number of alkyl halides is 1. The number of rotatable bonds is 3. The molecule has 0 fully saturated rings. The number of carbonyl (C=O) groups is 1. The van der Waals surface area contributed by atoms with Crippen molar-refractivity contribution in [3.05, 3.63) is 33.5 Å². The maximum Gasteiger partial charge on any atom is 0.144 e. The van der Waals surface area contributed by atoms with Gasteiger partial charge >= 0.3 is 0 Å². The molecule has 2 unspecified atom stereocenters. The Hall–Kier alpha value is -0.220. The van der Waals surface area contributed by atoms with Gasteiger partial charge in [-0.25, -0.2) is 4.39 Å². The number of Topliss-reactive ketones (excluding diaryl/α,β-unsaturated/α-hetero) is 1. The third kappa shape index (κ3) is 2.92. The largest absolute Gasteiger partial charge is 0.299 e. The van der Waals surface area contributed by atoms with Gasteiger partial charge in [-0.1, -0.05) is 22.9 Å². The normalized spacial score (nSPS) is 14.6. The molecule has 1 rings (SSSR count). The summed E-state index contributed by atoms with van der Waals surface area (Å²) in [6, 6.07) is 3.22. The molecule has 0 heterocycles. The van der Waals surface area contributed by atoms with Gasteiger partial charge in [0.1, 0.15) is 11.6 Å².